The molecule has 0 spiro atoms. The van der Waals surface area contributed by atoms with Crippen LogP contribution in [0.5, 0.6) is 0 Å². The number of nitrogens with one attached hydrogen (secondary N) is 1. The Morgan fingerprint density at radius 1 is 1.35 bits per heavy atom. The second-order valence-electron chi connectivity index (χ2n) is 5.48. The molecule has 0 unspecified atom stereocenters. The summed E-state index contributed by atoms with van der Waals surface area (Å²) >= 11 is 1.32. The first-order valence-electron chi connectivity index (χ1n) is 7.99. The molecule has 1 amide bonds. The number of amides is 1. The smallest absolute Gasteiger partial charge is 0.262 e. The van der Waals surface area contributed by atoms with Crippen LogP contribution in [-0.4, -0.2) is 27.8 Å². The number of para-hydroxylation sites is 1. The van der Waals surface area contributed by atoms with E-state index in [0.717, 1.165) is 12.8 Å². The molecule has 0 radical (unpaired) electrons. The zero-order valence-corrected chi connectivity index (χ0v) is 14.7. The number of benzene rings is 1. The van der Waals surface area contributed by atoms with E-state index in [1.165, 1.54) is 11.8 Å². The molecule has 2 aromatic rings. The summed E-state index contributed by atoms with van der Waals surface area (Å²) < 4.78 is 1.71. The fourth-order valence-corrected chi connectivity index (χ4v) is 3.17. The highest BCUT2D eigenvalue weighted by Crippen LogP contribution is 2.22. The minimum Gasteiger partial charge on any atom is -0.355 e. The van der Waals surface area contributed by atoms with Crippen molar-refractivity contribution in [2.24, 2.45) is 0 Å². The molecule has 2 rings (SSSR count). The van der Waals surface area contributed by atoms with Crippen molar-refractivity contribution in [1.82, 2.24) is 14.9 Å². The minimum atomic E-state index is -0.0404. The third-order valence-corrected chi connectivity index (χ3v) is 4.66. The lowest BCUT2D eigenvalue weighted by Crippen LogP contribution is -2.28. The van der Waals surface area contributed by atoms with Crippen LogP contribution in [0.25, 0.3) is 10.9 Å². The Kier molecular flexibility index (Phi) is 6.21. The summed E-state index contributed by atoms with van der Waals surface area (Å²) in [5, 5.41) is 4.07. The van der Waals surface area contributed by atoms with Crippen molar-refractivity contribution in [3.63, 3.8) is 0 Å². The van der Waals surface area contributed by atoms with Crippen molar-refractivity contribution in [3.8, 4) is 0 Å². The molecule has 0 bridgehead atoms. The molecule has 1 heterocycles. The number of aromatic nitrogens is 2. The zero-order chi connectivity index (χ0) is 16.8. The standard InChI is InChI=1S/C17H23N3O2S/c1-4-10-18-15(21)11-23-17-19-14-9-7-6-8-13(14)16(22)20(17)12(3)5-2/h6-9,12H,4-5,10-11H2,1-3H3,(H,18,21)/t12-/m1/s1. The first-order chi connectivity index (χ1) is 11.1. The maximum Gasteiger partial charge on any atom is 0.262 e. The highest BCUT2D eigenvalue weighted by molar-refractivity contribution is 7.99. The molecule has 1 aromatic heterocycles. The average molecular weight is 333 g/mol. The van der Waals surface area contributed by atoms with Gasteiger partial charge in [-0.25, -0.2) is 4.98 Å². The van der Waals surface area contributed by atoms with Gasteiger partial charge in [-0.1, -0.05) is 37.7 Å². The Labute approximate surface area is 140 Å². The summed E-state index contributed by atoms with van der Waals surface area (Å²) in [4.78, 5) is 29.2. The molecule has 0 aliphatic rings. The van der Waals surface area contributed by atoms with E-state index < -0.39 is 0 Å². The van der Waals surface area contributed by atoms with E-state index in [4.69, 9.17) is 0 Å². The number of rotatable bonds is 7. The summed E-state index contributed by atoms with van der Waals surface area (Å²) in [7, 11) is 0. The lowest BCUT2D eigenvalue weighted by Gasteiger charge is -2.18. The Morgan fingerprint density at radius 3 is 2.78 bits per heavy atom. The van der Waals surface area contributed by atoms with Gasteiger partial charge < -0.3 is 5.32 Å². The molecule has 0 saturated heterocycles. The van der Waals surface area contributed by atoms with E-state index in [1.807, 2.05) is 39.0 Å². The molecule has 1 aromatic carbocycles. The molecule has 0 aliphatic heterocycles. The summed E-state index contributed by atoms with van der Waals surface area (Å²) in [6.45, 7) is 6.72. The van der Waals surface area contributed by atoms with Crippen molar-refractivity contribution >= 4 is 28.6 Å². The second-order valence-corrected chi connectivity index (χ2v) is 6.43. The molecule has 5 nitrogen and oxygen atoms in total. The number of hydrogen-bond donors (Lipinski definition) is 1. The lowest BCUT2D eigenvalue weighted by atomic mass is 10.2. The predicted molar refractivity (Wildman–Crippen MR) is 95.0 cm³/mol. The van der Waals surface area contributed by atoms with E-state index in [0.29, 0.717) is 22.6 Å². The SMILES string of the molecule is CCCNC(=O)CSc1nc2ccccc2c(=O)n1[C@H](C)CC. The van der Waals surface area contributed by atoms with Crippen LogP contribution in [0.15, 0.2) is 34.2 Å². The molecule has 6 heteroatoms. The van der Waals surface area contributed by atoms with Crippen LogP contribution in [0.1, 0.15) is 39.7 Å². The zero-order valence-electron chi connectivity index (χ0n) is 13.8. The largest absolute Gasteiger partial charge is 0.355 e. The van der Waals surface area contributed by atoms with Crippen LogP contribution in [0.2, 0.25) is 0 Å². The molecule has 1 N–H and O–H groups in total. The van der Waals surface area contributed by atoms with Gasteiger partial charge in [0.25, 0.3) is 5.56 Å². The third kappa shape index (κ3) is 4.13. The third-order valence-electron chi connectivity index (χ3n) is 3.71. The number of carbonyl (C=O) groups excluding carboxylic acids is 1. The number of fused-ring (bicyclic) bond motifs is 1. The van der Waals surface area contributed by atoms with Crippen LogP contribution >= 0.6 is 11.8 Å². The Hall–Kier alpha value is -1.82. The molecular formula is C17H23N3O2S. The van der Waals surface area contributed by atoms with Crippen LogP contribution in [0.3, 0.4) is 0 Å². The minimum absolute atomic E-state index is 0.0324. The van der Waals surface area contributed by atoms with Gasteiger partial charge in [-0.05, 0) is 31.9 Å². The molecule has 124 valence electrons. The fraction of sp³-hybridized carbons (Fsp3) is 0.471. The van der Waals surface area contributed by atoms with Gasteiger partial charge in [-0.2, -0.15) is 0 Å². The Bertz CT molecular complexity index is 742. The average Bonchev–Trinajstić information content (AvgIpc) is 2.57. The maximum absolute atomic E-state index is 12.8. The normalized spacial score (nSPS) is 12.3. The van der Waals surface area contributed by atoms with Crippen molar-refractivity contribution in [1.29, 1.82) is 0 Å². The van der Waals surface area contributed by atoms with E-state index in [-0.39, 0.29) is 23.3 Å². The topological polar surface area (TPSA) is 64.0 Å². The second kappa shape index (κ2) is 8.15. The number of carbonyl (C=O) groups is 1. The van der Waals surface area contributed by atoms with Crippen molar-refractivity contribution < 1.29 is 4.79 Å². The molecule has 0 fully saturated rings. The number of nitrogens with zero attached hydrogens (tertiary/aromatic N) is 2. The van der Waals surface area contributed by atoms with Gasteiger partial charge in [-0.15, -0.1) is 0 Å². The molecule has 0 saturated carbocycles. The summed E-state index contributed by atoms with van der Waals surface area (Å²) in [6.07, 6.45) is 1.73. The highest BCUT2D eigenvalue weighted by Gasteiger charge is 2.16. The molecular weight excluding hydrogens is 310 g/mol. The fourth-order valence-electron chi connectivity index (χ4n) is 2.24. The van der Waals surface area contributed by atoms with Gasteiger partial charge >= 0.3 is 0 Å². The van der Waals surface area contributed by atoms with E-state index in [1.54, 1.807) is 10.6 Å². The van der Waals surface area contributed by atoms with Crippen LogP contribution in [-0.2, 0) is 4.79 Å². The quantitative estimate of drug-likeness (QED) is 0.625. The van der Waals surface area contributed by atoms with Gasteiger partial charge in [0.1, 0.15) is 0 Å². The van der Waals surface area contributed by atoms with Gasteiger partial charge in [-0.3, -0.25) is 14.2 Å². The van der Waals surface area contributed by atoms with Gasteiger partial charge in [0.15, 0.2) is 5.16 Å². The number of hydrogen-bond acceptors (Lipinski definition) is 4. The van der Waals surface area contributed by atoms with Gasteiger partial charge in [0.05, 0.1) is 16.7 Å². The lowest BCUT2D eigenvalue weighted by molar-refractivity contribution is -0.118. The Balaban J connectivity index is 2.36. The summed E-state index contributed by atoms with van der Waals surface area (Å²) in [5.41, 5.74) is 0.634. The highest BCUT2D eigenvalue weighted by atomic mass is 32.2. The monoisotopic (exact) mass is 333 g/mol. The van der Waals surface area contributed by atoms with Crippen LogP contribution in [0.4, 0.5) is 0 Å². The molecule has 0 aliphatic carbocycles. The van der Waals surface area contributed by atoms with Gasteiger partial charge in [0.2, 0.25) is 5.91 Å². The first kappa shape index (κ1) is 17.5. The van der Waals surface area contributed by atoms with Gasteiger partial charge in [0, 0.05) is 12.6 Å². The van der Waals surface area contributed by atoms with Crippen LogP contribution < -0.4 is 10.9 Å². The molecule has 1 atom stereocenters. The van der Waals surface area contributed by atoms with E-state index in [9.17, 15) is 9.59 Å². The van der Waals surface area contributed by atoms with E-state index in [2.05, 4.69) is 10.3 Å². The van der Waals surface area contributed by atoms with Crippen molar-refractivity contribution in [2.45, 2.75) is 44.8 Å². The Morgan fingerprint density at radius 2 is 2.09 bits per heavy atom. The number of thioether (sulfide) groups is 1. The summed E-state index contributed by atoms with van der Waals surface area (Å²) in [5.74, 6) is 0.233. The van der Waals surface area contributed by atoms with Crippen LogP contribution in [0, 0.1) is 0 Å². The van der Waals surface area contributed by atoms with Crippen molar-refractivity contribution in [2.75, 3.05) is 12.3 Å². The van der Waals surface area contributed by atoms with E-state index >= 15 is 0 Å². The predicted octanol–water partition coefficient (Wildman–Crippen LogP) is 2.99. The maximum atomic E-state index is 12.8. The molecule has 23 heavy (non-hydrogen) atoms. The summed E-state index contributed by atoms with van der Waals surface area (Å²) in [6, 6.07) is 7.38. The van der Waals surface area contributed by atoms with Crippen molar-refractivity contribution in [3.05, 3.63) is 34.6 Å². The first-order valence-corrected chi connectivity index (χ1v) is 8.97.